The molecule has 0 atom stereocenters. The van der Waals surface area contributed by atoms with Gasteiger partial charge in [-0.15, -0.1) is 0 Å². The summed E-state index contributed by atoms with van der Waals surface area (Å²) >= 11 is 0. The normalized spacial score (nSPS) is 11.2. The molecule has 128 valence electrons. The predicted octanol–water partition coefficient (Wildman–Crippen LogP) is 5.38. The van der Waals surface area contributed by atoms with Gasteiger partial charge < -0.3 is 5.11 Å². The van der Waals surface area contributed by atoms with Crippen molar-refractivity contribution >= 4 is 23.7 Å². The lowest BCUT2D eigenvalue weighted by Gasteiger charge is -2.04. The molecule has 3 rings (SSSR count). The summed E-state index contributed by atoms with van der Waals surface area (Å²) in [6, 6.07) is 21.4. The number of aliphatic imine (C=N–C) groups is 1. The third kappa shape index (κ3) is 4.21. The highest BCUT2D eigenvalue weighted by molar-refractivity contribution is 5.82. The van der Waals surface area contributed by atoms with Gasteiger partial charge in [-0.3, -0.25) is 15.1 Å². The Morgan fingerprint density at radius 1 is 0.923 bits per heavy atom. The summed E-state index contributed by atoms with van der Waals surface area (Å²) in [7, 11) is 0. The van der Waals surface area contributed by atoms with Gasteiger partial charge in [0.15, 0.2) is 0 Å². The van der Waals surface area contributed by atoms with Crippen LogP contribution in [0.1, 0.15) is 5.56 Å². The molecular formula is C21H16N2O3. The summed E-state index contributed by atoms with van der Waals surface area (Å²) in [5.74, 6) is 0.102. The third-order valence-electron chi connectivity index (χ3n) is 3.77. The maximum absolute atomic E-state index is 10.6. The fourth-order valence-electron chi connectivity index (χ4n) is 2.42. The number of nitro benzene ring substituents is 1. The van der Waals surface area contributed by atoms with Gasteiger partial charge >= 0.3 is 0 Å². The van der Waals surface area contributed by atoms with Gasteiger partial charge in [-0.25, -0.2) is 0 Å². The molecule has 3 aromatic rings. The van der Waals surface area contributed by atoms with Crippen LogP contribution in [0, 0.1) is 10.1 Å². The molecule has 0 unspecified atom stereocenters. The number of allylic oxidation sites excluding steroid dienone is 1. The molecule has 0 aliphatic rings. The summed E-state index contributed by atoms with van der Waals surface area (Å²) in [6.07, 6.45) is 5.08. The lowest BCUT2D eigenvalue weighted by atomic mass is 10.1. The number of phenolic OH excluding ortho intramolecular Hbond substituents is 1. The minimum atomic E-state index is -0.433. The quantitative estimate of drug-likeness (QED) is 0.383. The maximum Gasteiger partial charge on any atom is 0.269 e. The molecule has 0 heterocycles. The monoisotopic (exact) mass is 344 g/mol. The highest BCUT2D eigenvalue weighted by Crippen LogP contribution is 2.31. The van der Waals surface area contributed by atoms with Gasteiger partial charge in [-0.05, 0) is 47.0 Å². The van der Waals surface area contributed by atoms with Gasteiger partial charge in [-0.2, -0.15) is 0 Å². The van der Waals surface area contributed by atoms with Crippen molar-refractivity contribution in [2.45, 2.75) is 0 Å². The Labute approximate surface area is 150 Å². The average Bonchev–Trinajstić information content (AvgIpc) is 2.67. The molecule has 5 heteroatoms. The average molecular weight is 344 g/mol. The molecule has 0 aromatic heterocycles. The molecule has 3 aromatic carbocycles. The molecule has 0 spiro atoms. The Hall–Kier alpha value is -3.73. The van der Waals surface area contributed by atoms with Gasteiger partial charge in [0.1, 0.15) is 11.4 Å². The molecule has 0 radical (unpaired) electrons. The van der Waals surface area contributed by atoms with Crippen molar-refractivity contribution in [1.29, 1.82) is 0 Å². The van der Waals surface area contributed by atoms with E-state index in [9.17, 15) is 15.2 Å². The summed E-state index contributed by atoms with van der Waals surface area (Å²) in [5, 5.41) is 20.6. The zero-order chi connectivity index (χ0) is 18.4. The SMILES string of the molecule is O=[N+]([O-])c1ccc(C=CC=Nc2cc(-c3ccccc3)ccc2O)cc1. The standard InChI is InChI=1S/C21H16N2O3/c24-21-13-10-18(17-6-2-1-3-7-17)15-20(21)22-14-4-5-16-8-11-19(12-9-16)23(25)26/h1-15,24H. The van der Waals surface area contributed by atoms with Crippen LogP contribution in [0.4, 0.5) is 11.4 Å². The molecular weight excluding hydrogens is 328 g/mol. The van der Waals surface area contributed by atoms with Gasteiger partial charge in [0.05, 0.1) is 4.92 Å². The first kappa shape index (κ1) is 17.1. The van der Waals surface area contributed by atoms with Crippen LogP contribution in [0.3, 0.4) is 0 Å². The van der Waals surface area contributed by atoms with Crippen molar-refractivity contribution in [3.8, 4) is 16.9 Å². The van der Waals surface area contributed by atoms with Crippen molar-refractivity contribution in [2.24, 2.45) is 4.99 Å². The topological polar surface area (TPSA) is 75.7 Å². The Kier molecular flexibility index (Phi) is 5.19. The van der Waals surface area contributed by atoms with Crippen LogP contribution < -0.4 is 0 Å². The zero-order valence-electron chi connectivity index (χ0n) is 13.8. The van der Waals surface area contributed by atoms with Gasteiger partial charge in [0, 0.05) is 18.3 Å². The number of hydrogen-bond donors (Lipinski definition) is 1. The number of non-ortho nitro benzene ring substituents is 1. The lowest BCUT2D eigenvalue weighted by Crippen LogP contribution is -1.86. The second kappa shape index (κ2) is 7.90. The largest absolute Gasteiger partial charge is 0.506 e. The van der Waals surface area contributed by atoms with Crippen molar-refractivity contribution < 1.29 is 10.0 Å². The smallest absolute Gasteiger partial charge is 0.269 e. The molecule has 26 heavy (non-hydrogen) atoms. The summed E-state index contributed by atoms with van der Waals surface area (Å²) in [6.45, 7) is 0. The van der Waals surface area contributed by atoms with Crippen LogP contribution in [0.2, 0.25) is 0 Å². The molecule has 0 fully saturated rings. The van der Waals surface area contributed by atoms with E-state index in [1.807, 2.05) is 42.5 Å². The van der Waals surface area contributed by atoms with Gasteiger partial charge in [0.25, 0.3) is 5.69 Å². The maximum atomic E-state index is 10.6. The lowest BCUT2D eigenvalue weighted by molar-refractivity contribution is -0.384. The molecule has 5 nitrogen and oxygen atoms in total. The first-order valence-corrected chi connectivity index (χ1v) is 7.97. The summed E-state index contributed by atoms with van der Waals surface area (Å²) in [4.78, 5) is 14.5. The highest BCUT2D eigenvalue weighted by Gasteiger charge is 2.03. The van der Waals surface area contributed by atoms with Crippen molar-refractivity contribution in [3.63, 3.8) is 0 Å². The van der Waals surface area contributed by atoms with Crippen LogP contribution >= 0.6 is 0 Å². The Bertz CT molecular complexity index is 962. The molecule has 0 saturated carbocycles. The first-order chi connectivity index (χ1) is 12.6. The second-order valence-electron chi connectivity index (χ2n) is 5.56. The second-order valence-corrected chi connectivity index (χ2v) is 5.56. The van der Waals surface area contributed by atoms with Crippen LogP contribution in [0.5, 0.6) is 5.75 Å². The van der Waals surface area contributed by atoms with Crippen LogP contribution in [0.25, 0.3) is 17.2 Å². The van der Waals surface area contributed by atoms with E-state index in [0.717, 1.165) is 16.7 Å². The van der Waals surface area contributed by atoms with E-state index in [2.05, 4.69) is 4.99 Å². The number of hydrogen-bond acceptors (Lipinski definition) is 4. The number of benzene rings is 3. The molecule has 0 saturated heterocycles. The Morgan fingerprint density at radius 2 is 1.65 bits per heavy atom. The first-order valence-electron chi connectivity index (χ1n) is 7.97. The summed E-state index contributed by atoms with van der Waals surface area (Å²) in [5.41, 5.74) is 3.36. The molecule has 0 aliphatic heterocycles. The van der Waals surface area contributed by atoms with Crippen LogP contribution in [0.15, 0.2) is 83.9 Å². The highest BCUT2D eigenvalue weighted by atomic mass is 16.6. The van der Waals surface area contributed by atoms with Crippen molar-refractivity contribution in [3.05, 3.63) is 94.6 Å². The molecule has 0 amide bonds. The van der Waals surface area contributed by atoms with Gasteiger partial charge in [-0.1, -0.05) is 42.5 Å². The minimum absolute atomic E-state index is 0.0541. The van der Waals surface area contributed by atoms with Crippen molar-refractivity contribution in [1.82, 2.24) is 0 Å². The number of phenols is 1. The van der Waals surface area contributed by atoms with Crippen LogP contribution in [-0.4, -0.2) is 16.2 Å². The molecule has 0 bridgehead atoms. The van der Waals surface area contributed by atoms with Crippen molar-refractivity contribution in [2.75, 3.05) is 0 Å². The van der Waals surface area contributed by atoms with E-state index >= 15 is 0 Å². The number of aromatic hydroxyl groups is 1. The third-order valence-corrected chi connectivity index (χ3v) is 3.77. The van der Waals surface area contributed by atoms with Crippen LogP contribution in [-0.2, 0) is 0 Å². The number of nitrogens with zero attached hydrogens (tertiary/aromatic N) is 2. The van der Waals surface area contributed by atoms with Gasteiger partial charge in [0.2, 0.25) is 0 Å². The van der Waals surface area contributed by atoms with E-state index in [1.165, 1.54) is 12.1 Å². The molecule has 1 N–H and O–H groups in total. The molecule has 0 aliphatic carbocycles. The predicted molar refractivity (Wildman–Crippen MR) is 104 cm³/mol. The fraction of sp³-hybridized carbons (Fsp3) is 0. The summed E-state index contributed by atoms with van der Waals surface area (Å²) < 4.78 is 0. The van der Waals surface area contributed by atoms with E-state index < -0.39 is 4.92 Å². The van der Waals surface area contributed by atoms with E-state index in [1.54, 1.807) is 36.6 Å². The fourth-order valence-corrected chi connectivity index (χ4v) is 2.42. The van der Waals surface area contributed by atoms with E-state index in [0.29, 0.717) is 5.69 Å². The number of rotatable bonds is 5. The number of nitro groups is 1. The Balaban J connectivity index is 1.74. The zero-order valence-corrected chi connectivity index (χ0v) is 13.8. The minimum Gasteiger partial charge on any atom is -0.506 e. The Morgan fingerprint density at radius 3 is 2.35 bits per heavy atom. The van der Waals surface area contributed by atoms with E-state index in [4.69, 9.17) is 0 Å². The van der Waals surface area contributed by atoms with E-state index in [-0.39, 0.29) is 11.4 Å².